The van der Waals surface area contributed by atoms with E-state index in [0.717, 1.165) is 22.0 Å². The predicted molar refractivity (Wildman–Crippen MR) is 78.0 cm³/mol. The lowest BCUT2D eigenvalue weighted by Gasteiger charge is -2.18. The Morgan fingerprint density at radius 3 is 2.53 bits per heavy atom. The van der Waals surface area contributed by atoms with Crippen LogP contribution in [0.3, 0.4) is 0 Å². The van der Waals surface area contributed by atoms with Gasteiger partial charge < -0.3 is 0 Å². The van der Waals surface area contributed by atoms with Gasteiger partial charge in [0.1, 0.15) is 0 Å². The molecule has 0 amide bonds. The molecule has 1 aromatic carbocycles. The zero-order chi connectivity index (χ0) is 13.5. The van der Waals surface area contributed by atoms with Crippen LogP contribution in [-0.2, 0) is 5.54 Å². The lowest BCUT2D eigenvalue weighted by atomic mass is 10.1. The van der Waals surface area contributed by atoms with Gasteiger partial charge >= 0.3 is 0 Å². The van der Waals surface area contributed by atoms with Gasteiger partial charge in [-0.05, 0) is 32.9 Å². The Bertz CT molecular complexity index is 720. The van der Waals surface area contributed by atoms with Crippen molar-refractivity contribution in [1.29, 1.82) is 0 Å². The largest absolute Gasteiger partial charge is 0.267 e. The van der Waals surface area contributed by atoms with Crippen molar-refractivity contribution in [2.45, 2.75) is 26.3 Å². The predicted octanol–water partition coefficient (Wildman–Crippen LogP) is 3.85. The van der Waals surface area contributed by atoms with Crippen LogP contribution in [0.5, 0.6) is 0 Å². The van der Waals surface area contributed by atoms with Crippen LogP contribution in [0.2, 0.25) is 0 Å². The summed E-state index contributed by atoms with van der Waals surface area (Å²) in [5.74, 6) is 0. The van der Waals surface area contributed by atoms with E-state index in [9.17, 15) is 0 Å². The van der Waals surface area contributed by atoms with Crippen molar-refractivity contribution in [2.75, 3.05) is 0 Å². The second-order valence-electron chi connectivity index (χ2n) is 5.76. The fourth-order valence-corrected chi connectivity index (χ4v) is 2.07. The van der Waals surface area contributed by atoms with Gasteiger partial charge in [-0.1, -0.05) is 18.2 Å². The molecular weight excluding hydrogens is 234 g/mol. The first-order valence-corrected chi connectivity index (χ1v) is 6.44. The first-order valence-electron chi connectivity index (χ1n) is 6.44. The van der Waals surface area contributed by atoms with E-state index in [1.807, 2.05) is 35.3 Å². The third-order valence-corrected chi connectivity index (χ3v) is 3.19. The zero-order valence-electron chi connectivity index (χ0n) is 11.5. The third kappa shape index (κ3) is 2.24. The number of aromatic nitrogens is 3. The molecule has 2 aromatic heterocycles. The minimum atomic E-state index is 0.00251. The molecule has 0 unspecified atom stereocenters. The van der Waals surface area contributed by atoms with Gasteiger partial charge in [0.05, 0.1) is 17.3 Å². The summed E-state index contributed by atoms with van der Waals surface area (Å²) in [4.78, 5) is 4.49. The highest BCUT2D eigenvalue weighted by Crippen LogP contribution is 2.24. The monoisotopic (exact) mass is 251 g/mol. The molecule has 0 N–H and O–H groups in total. The molecule has 3 rings (SSSR count). The summed E-state index contributed by atoms with van der Waals surface area (Å²) >= 11 is 0. The SMILES string of the molecule is CC(C)(C)n1cc(-c2cnc3ccccc3c2)cn1. The summed E-state index contributed by atoms with van der Waals surface area (Å²) in [5, 5.41) is 5.59. The van der Waals surface area contributed by atoms with Crippen molar-refractivity contribution < 1.29 is 0 Å². The van der Waals surface area contributed by atoms with E-state index in [1.165, 1.54) is 0 Å². The minimum Gasteiger partial charge on any atom is -0.267 e. The summed E-state index contributed by atoms with van der Waals surface area (Å²) in [6.07, 6.45) is 5.88. The topological polar surface area (TPSA) is 30.7 Å². The number of para-hydroxylation sites is 1. The van der Waals surface area contributed by atoms with Gasteiger partial charge in [-0.3, -0.25) is 9.67 Å². The molecule has 0 fully saturated rings. The zero-order valence-corrected chi connectivity index (χ0v) is 11.5. The van der Waals surface area contributed by atoms with Crippen molar-refractivity contribution in [3.63, 3.8) is 0 Å². The maximum absolute atomic E-state index is 4.49. The summed E-state index contributed by atoms with van der Waals surface area (Å²) in [7, 11) is 0. The Kier molecular flexibility index (Phi) is 2.63. The number of fused-ring (bicyclic) bond motifs is 1. The lowest BCUT2D eigenvalue weighted by Crippen LogP contribution is -2.21. The highest BCUT2D eigenvalue weighted by Gasteiger charge is 2.14. The molecule has 3 nitrogen and oxygen atoms in total. The van der Waals surface area contributed by atoms with E-state index in [-0.39, 0.29) is 5.54 Å². The van der Waals surface area contributed by atoms with Crippen molar-refractivity contribution in [2.24, 2.45) is 0 Å². The highest BCUT2D eigenvalue weighted by molar-refractivity contribution is 5.83. The Labute approximate surface area is 112 Å². The number of nitrogens with zero attached hydrogens (tertiary/aromatic N) is 3. The molecule has 0 aliphatic heterocycles. The summed E-state index contributed by atoms with van der Waals surface area (Å²) < 4.78 is 1.98. The van der Waals surface area contributed by atoms with Gasteiger partial charge in [0.15, 0.2) is 0 Å². The van der Waals surface area contributed by atoms with Gasteiger partial charge in [-0.2, -0.15) is 5.10 Å². The van der Waals surface area contributed by atoms with Gasteiger partial charge in [0, 0.05) is 28.9 Å². The Balaban J connectivity index is 2.07. The third-order valence-electron chi connectivity index (χ3n) is 3.19. The Morgan fingerprint density at radius 1 is 1.00 bits per heavy atom. The molecule has 3 aromatic rings. The molecule has 2 heterocycles. The molecule has 19 heavy (non-hydrogen) atoms. The molecule has 0 saturated carbocycles. The van der Waals surface area contributed by atoms with E-state index >= 15 is 0 Å². The van der Waals surface area contributed by atoms with E-state index < -0.39 is 0 Å². The Hall–Kier alpha value is -2.16. The van der Waals surface area contributed by atoms with Crippen molar-refractivity contribution in [1.82, 2.24) is 14.8 Å². The van der Waals surface area contributed by atoms with Crippen molar-refractivity contribution >= 4 is 10.9 Å². The normalized spacial score (nSPS) is 11.9. The van der Waals surface area contributed by atoms with Crippen molar-refractivity contribution in [3.05, 3.63) is 48.9 Å². The second-order valence-corrected chi connectivity index (χ2v) is 5.76. The van der Waals surface area contributed by atoms with Gasteiger partial charge in [0.25, 0.3) is 0 Å². The standard InChI is InChI=1S/C16H17N3/c1-16(2,3)19-11-14(10-18-19)13-8-12-6-4-5-7-15(12)17-9-13/h4-11H,1-3H3. The molecular formula is C16H17N3. The summed E-state index contributed by atoms with van der Waals surface area (Å²) in [6, 6.07) is 10.3. The maximum Gasteiger partial charge on any atom is 0.0702 e. The number of rotatable bonds is 1. The van der Waals surface area contributed by atoms with E-state index in [0.29, 0.717) is 0 Å². The fourth-order valence-electron chi connectivity index (χ4n) is 2.07. The van der Waals surface area contributed by atoms with Crippen LogP contribution in [-0.4, -0.2) is 14.8 Å². The van der Waals surface area contributed by atoms with Gasteiger partial charge in [-0.25, -0.2) is 0 Å². The number of pyridine rings is 1. The molecule has 0 bridgehead atoms. The minimum absolute atomic E-state index is 0.00251. The van der Waals surface area contributed by atoms with Crippen LogP contribution in [0.15, 0.2) is 48.9 Å². The first kappa shape index (κ1) is 11.9. The first-order chi connectivity index (χ1) is 9.04. The number of hydrogen-bond donors (Lipinski definition) is 0. The van der Waals surface area contributed by atoms with E-state index in [4.69, 9.17) is 0 Å². The van der Waals surface area contributed by atoms with Gasteiger partial charge in [0.2, 0.25) is 0 Å². The highest BCUT2D eigenvalue weighted by atomic mass is 15.3. The van der Waals surface area contributed by atoms with Gasteiger partial charge in [-0.15, -0.1) is 0 Å². The van der Waals surface area contributed by atoms with Crippen LogP contribution >= 0.6 is 0 Å². The quantitative estimate of drug-likeness (QED) is 0.657. The van der Waals surface area contributed by atoms with E-state index in [2.05, 4.69) is 49.2 Å². The average Bonchev–Trinajstić information content (AvgIpc) is 2.87. The lowest BCUT2D eigenvalue weighted by molar-refractivity contribution is 0.355. The Morgan fingerprint density at radius 2 is 1.79 bits per heavy atom. The molecule has 0 aliphatic rings. The van der Waals surface area contributed by atoms with E-state index in [1.54, 1.807) is 0 Å². The van der Waals surface area contributed by atoms with Crippen LogP contribution in [0.25, 0.3) is 22.0 Å². The van der Waals surface area contributed by atoms with Crippen LogP contribution < -0.4 is 0 Å². The maximum atomic E-state index is 4.49. The molecule has 0 radical (unpaired) electrons. The molecule has 0 atom stereocenters. The molecule has 0 saturated heterocycles. The summed E-state index contributed by atoms with van der Waals surface area (Å²) in [6.45, 7) is 6.42. The number of benzene rings is 1. The average molecular weight is 251 g/mol. The second kappa shape index (κ2) is 4.19. The molecule has 3 heteroatoms. The van der Waals surface area contributed by atoms with Crippen LogP contribution in [0.1, 0.15) is 20.8 Å². The number of hydrogen-bond acceptors (Lipinski definition) is 2. The molecule has 96 valence electrons. The fraction of sp³-hybridized carbons (Fsp3) is 0.250. The molecule has 0 spiro atoms. The smallest absolute Gasteiger partial charge is 0.0702 e. The summed E-state index contributed by atoms with van der Waals surface area (Å²) in [5.41, 5.74) is 3.24. The van der Waals surface area contributed by atoms with Crippen LogP contribution in [0.4, 0.5) is 0 Å². The molecule has 0 aliphatic carbocycles. The van der Waals surface area contributed by atoms with Crippen LogP contribution in [0, 0.1) is 0 Å². The van der Waals surface area contributed by atoms with Crippen molar-refractivity contribution in [3.8, 4) is 11.1 Å².